The van der Waals surface area contributed by atoms with E-state index in [0.717, 1.165) is 29.5 Å². The van der Waals surface area contributed by atoms with Gasteiger partial charge in [-0.3, -0.25) is 0 Å². The number of nitrogens with zero attached hydrogens (tertiary/aromatic N) is 3. The van der Waals surface area contributed by atoms with Crippen LogP contribution in [0.5, 0.6) is 0 Å². The lowest BCUT2D eigenvalue weighted by Gasteiger charge is -2.13. The molecule has 1 unspecified atom stereocenters. The quantitative estimate of drug-likeness (QED) is 0.664. The molecule has 4 rings (SSSR count). The fourth-order valence-corrected chi connectivity index (χ4v) is 3.37. The van der Waals surface area contributed by atoms with Crippen molar-refractivity contribution in [2.45, 2.75) is 32.0 Å². The Morgan fingerprint density at radius 3 is 2.64 bits per heavy atom. The first-order valence-corrected chi connectivity index (χ1v) is 8.92. The van der Waals surface area contributed by atoms with Crippen LogP contribution in [0.2, 0.25) is 0 Å². The lowest BCUT2D eigenvalue weighted by atomic mass is 10.1. The first kappa shape index (κ1) is 18.7. The van der Waals surface area contributed by atoms with E-state index in [9.17, 15) is 17.6 Å². The standard InChI is InChI=1S/C19H18F4N4O/c1-11-9-15(24-10-14-3-2-8-28-14)27-18(25-11)16(17(26-27)19(21,22)23)12-4-6-13(20)7-5-12/h4-7,9,14,24H,2-3,8,10H2,1H3. The Kier molecular flexibility index (Phi) is 4.70. The first-order chi connectivity index (χ1) is 13.3. The molecule has 1 aromatic carbocycles. The monoisotopic (exact) mass is 394 g/mol. The van der Waals surface area contributed by atoms with E-state index in [4.69, 9.17) is 4.74 Å². The summed E-state index contributed by atoms with van der Waals surface area (Å²) in [5.41, 5.74) is -0.422. The predicted molar refractivity (Wildman–Crippen MR) is 95.6 cm³/mol. The van der Waals surface area contributed by atoms with Gasteiger partial charge in [0.1, 0.15) is 11.6 Å². The lowest BCUT2D eigenvalue weighted by molar-refractivity contribution is -0.140. The van der Waals surface area contributed by atoms with Crippen LogP contribution in [0.3, 0.4) is 0 Å². The van der Waals surface area contributed by atoms with Crippen LogP contribution < -0.4 is 5.32 Å². The molecule has 2 aromatic heterocycles. The van der Waals surface area contributed by atoms with Crippen LogP contribution in [-0.4, -0.2) is 33.9 Å². The van der Waals surface area contributed by atoms with Crippen LogP contribution in [0.1, 0.15) is 24.2 Å². The van der Waals surface area contributed by atoms with Crippen LogP contribution in [0.4, 0.5) is 23.4 Å². The third-order valence-corrected chi connectivity index (χ3v) is 4.65. The number of rotatable bonds is 4. The molecular formula is C19H18F4N4O. The third kappa shape index (κ3) is 3.54. The number of ether oxygens (including phenoxy) is 1. The van der Waals surface area contributed by atoms with Gasteiger partial charge in [-0.1, -0.05) is 12.1 Å². The number of hydrogen-bond donors (Lipinski definition) is 1. The van der Waals surface area contributed by atoms with Gasteiger partial charge in [-0.15, -0.1) is 0 Å². The van der Waals surface area contributed by atoms with Gasteiger partial charge in [-0.05, 0) is 37.5 Å². The SMILES string of the molecule is Cc1cc(NCC2CCCO2)n2nc(C(F)(F)F)c(-c3ccc(F)cc3)c2n1. The Hall–Kier alpha value is -2.68. The molecule has 0 amide bonds. The average Bonchev–Trinajstić information content (AvgIpc) is 3.27. The van der Waals surface area contributed by atoms with E-state index in [0.29, 0.717) is 24.7 Å². The average molecular weight is 394 g/mol. The van der Waals surface area contributed by atoms with Gasteiger partial charge >= 0.3 is 6.18 Å². The van der Waals surface area contributed by atoms with E-state index in [2.05, 4.69) is 15.4 Å². The summed E-state index contributed by atoms with van der Waals surface area (Å²) < 4.78 is 61.1. The number of fused-ring (bicyclic) bond motifs is 1. The van der Waals surface area contributed by atoms with Gasteiger partial charge < -0.3 is 10.1 Å². The largest absolute Gasteiger partial charge is 0.435 e. The Morgan fingerprint density at radius 2 is 2.00 bits per heavy atom. The summed E-state index contributed by atoms with van der Waals surface area (Å²) in [6, 6.07) is 6.47. The molecule has 3 aromatic rings. The summed E-state index contributed by atoms with van der Waals surface area (Å²) in [6.45, 7) is 2.85. The second kappa shape index (κ2) is 7.05. The van der Waals surface area contributed by atoms with E-state index in [-0.39, 0.29) is 22.9 Å². The molecule has 1 aliphatic rings. The predicted octanol–water partition coefficient (Wildman–Crippen LogP) is 4.45. The molecule has 0 bridgehead atoms. The highest BCUT2D eigenvalue weighted by Gasteiger charge is 2.39. The van der Waals surface area contributed by atoms with Crippen molar-refractivity contribution < 1.29 is 22.3 Å². The van der Waals surface area contributed by atoms with Crippen molar-refractivity contribution in [3.05, 3.63) is 47.5 Å². The number of nitrogens with one attached hydrogen (secondary N) is 1. The number of halogens is 4. The zero-order chi connectivity index (χ0) is 19.9. The molecule has 1 N–H and O–H groups in total. The minimum Gasteiger partial charge on any atom is -0.376 e. The van der Waals surface area contributed by atoms with E-state index >= 15 is 0 Å². The van der Waals surface area contributed by atoms with Gasteiger partial charge in [0.25, 0.3) is 0 Å². The van der Waals surface area contributed by atoms with Crippen molar-refractivity contribution in [3.8, 4) is 11.1 Å². The highest BCUT2D eigenvalue weighted by atomic mass is 19.4. The summed E-state index contributed by atoms with van der Waals surface area (Å²) in [4.78, 5) is 4.28. The summed E-state index contributed by atoms with van der Waals surface area (Å²) in [5.74, 6) is -0.131. The molecular weight excluding hydrogens is 376 g/mol. The smallest absolute Gasteiger partial charge is 0.376 e. The van der Waals surface area contributed by atoms with Crippen LogP contribution in [0, 0.1) is 12.7 Å². The third-order valence-electron chi connectivity index (χ3n) is 4.65. The summed E-state index contributed by atoms with van der Waals surface area (Å²) in [5, 5.41) is 6.93. The van der Waals surface area contributed by atoms with Crippen LogP contribution >= 0.6 is 0 Å². The Morgan fingerprint density at radius 1 is 1.25 bits per heavy atom. The molecule has 148 valence electrons. The van der Waals surface area contributed by atoms with Crippen LogP contribution in [0.15, 0.2) is 30.3 Å². The second-order valence-electron chi connectivity index (χ2n) is 6.76. The summed E-state index contributed by atoms with van der Waals surface area (Å²) in [7, 11) is 0. The molecule has 28 heavy (non-hydrogen) atoms. The fraction of sp³-hybridized carbons (Fsp3) is 0.368. The van der Waals surface area contributed by atoms with Gasteiger partial charge in [0.05, 0.1) is 11.7 Å². The number of anilines is 1. The zero-order valence-electron chi connectivity index (χ0n) is 15.1. The van der Waals surface area contributed by atoms with Crippen molar-refractivity contribution in [1.29, 1.82) is 0 Å². The first-order valence-electron chi connectivity index (χ1n) is 8.92. The molecule has 1 aliphatic heterocycles. The number of alkyl halides is 3. The highest BCUT2D eigenvalue weighted by molar-refractivity contribution is 5.81. The maximum atomic E-state index is 13.7. The van der Waals surface area contributed by atoms with E-state index in [1.165, 1.54) is 12.1 Å². The van der Waals surface area contributed by atoms with Crippen LogP contribution in [0.25, 0.3) is 16.8 Å². The maximum Gasteiger partial charge on any atom is 0.435 e. The second-order valence-corrected chi connectivity index (χ2v) is 6.76. The number of aromatic nitrogens is 3. The molecule has 1 fully saturated rings. The maximum absolute atomic E-state index is 13.7. The molecule has 1 saturated heterocycles. The van der Waals surface area contributed by atoms with Gasteiger partial charge in [-0.2, -0.15) is 22.8 Å². The molecule has 9 heteroatoms. The van der Waals surface area contributed by atoms with E-state index in [1.807, 2.05) is 0 Å². The number of hydrogen-bond acceptors (Lipinski definition) is 4. The molecule has 0 aliphatic carbocycles. The van der Waals surface area contributed by atoms with Crippen molar-refractivity contribution >= 4 is 11.5 Å². The number of aryl methyl sites for hydroxylation is 1. The van der Waals surface area contributed by atoms with E-state index in [1.54, 1.807) is 13.0 Å². The van der Waals surface area contributed by atoms with Gasteiger partial charge in [0.15, 0.2) is 11.3 Å². The van der Waals surface area contributed by atoms with Gasteiger partial charge in [0.2, 0.25) is 0 Å². The number of benzene rings is 1. The molecule has 3 heterocycles. The summed E-state index contributed by atoms with van der Waals surface area (Å²) in [6.07, 6.45) is -2.81. The van der Waals surface area contributed by atoms with Crippen molar-refractivity contribution in [2.24, 2.45) is 0 Å². The Balaban J connectivity index is 1.85. The van der Waals surface area contributed by atoms with Gasteiger partial charge in [0, 0.05) is 24.9 Å². The van der Waals surface area contributed by atoms with Crippen molar-refractivity contribution in [1.82, 2.24) is 14.6 Å². The van der Waals surface area contributed by atoms with Crippen molar-refractivity contribution in [3.63, 3.8) is 0 Å². The normalized spacial score (nSPS) is 17.4. The van der Waals surface area contributed by atoms with Gasteiger partial charge in [-0.25, -0.2) is 9.37 Å². The Bertz CT molecular complexity index is 992. The highest BCUT2D eigenvalue weighted by Crippen LogP contribution is 2.39. The zero-order valence-corrected chi connectivity index (χ0v) is 15.1. The Labute approximate surface area is 158 Å². The molecule has 0 radical (unpaired) electrons. The topological polar surface area (TPSA) is 51.5 Å². The minimum absolute atomic E-state index is 0.0118. The molecule has 1 atom stereocenters. The van der Waals surface area contributed by atoms with Crippen molar-refractivity contribution in [2.75, 3.05) is 18.5 Å². The lowest BCUT2D eigenvalue weighted by Crippen LogP contribution is -2.20. The minimum atomic E-state index is -4.68. The molecule has 0 saturated carbocycles. The summed E-state index contributed by atoms with van der Waals surface area (Å²) >= 11 is 0. The molecule has 0 spiro atoms. The fourth-order valence-electron chi connectivity index (χ4n) is 3.37. The van der Waals surface area contributed by atoms with E-state index < -0.39 is 17.7 Å². The molecule has 5 nitrogen and oxygen atoms in total. The van der Waals surface area contributed by atoms with Crippen LogP contribution in [-0.2, 0) is 10.9 Å².